The maximum Gasteiger partial charge on any atom is 0.337 e. The molecule has 2 heterocycles. The number of carbonyl (C=O) groups is 1. The number of hydrogen-bond donors (Lipinski definition) is 0. The minimum absolute atomic E-state index is 0.222. The quantitative estimate of drug-likeness (QED) is 0.262. The summed E-state index contributed by atoms with van der Waals surface area (Å²) >= 11 is 1.35. The number of methoxy groups -OCH3 is 1. The van der Waals surface area contributed by atoms with E-state index in [-0.39, 0.29) is 17.9 Å². The molecule has 152 valence electrons. The Morgan fingerprint density at radius 3 is 2.70 bits per heavy atom. The van der Waals surface area contributed by atoms with Crippen LogP contribution in [0.1, 0.15) is 21.7 Å². The van der Waals surface area contributed by atoms with Crippen molar-refractivity contribution in [3.63, 3.8) is 0 Å². The smallest absolute Gasteiger partial charge is 0.337 e. The van der Waals surface area contributed by atoms with Gasteiger partial charge in [-0.05, 0) is 48.0 Å². The van der Waals surface area contributed by atoms with E-state index in [1.54, 1.807) is 48.7 Å². The first kappa shape index (κ1) is 19.9. The minimum Gasteiger partial charge on any atom is -0.467 e. The van der Waals surface area contributed by atoms with E-state index in [4.69, 9.17) is 9.15 Å². The highest BCUT2D eigenvalue weighted by Crippen LogP contribution is 2.24. The van der Waals surface area contributed by atoms with Gasteiger partial charge in [-0.2, -0.15) is 0 Å². The van der Waals surface area contributed by atoms with E-state index in [1.807, 2.05) is 0 Å². The van der Waals surface area contributed by atoms with Gasteiger partial charge in [0, 0.05) is 5.75 Å². The van der Waals surface area contributed by atoms with E-state index in [1.165, 1.54) is 35.6 Å². The first-order valence-electron chi connectivity index (χ1n) is 9.07. The lowest BCUT2D eigenvalue weighted by molar-refractivity contribution is 0.0601. The molecule has 0 unspecified atom stereocenters. The Morgan fingerprint density at radius 1 is 1.20 bits per heavy atom. The molecule has 0 aliphatic rings. The number of hydrogen-bond acceptors (Lipinski definition) is 6. The molecular formula is C22H17FN2O4S. The highest BCUT2D eigenvalue weighted by molar-refractivity contribution is 7.98. The number of halogens is 1. The standard InChI is InChI=1S/C22H17FN2O4S/c1-28-21(27)15-6-9-18-19(11-15)24-22(30-13-14-4-7-16(23)8-5-14)25(20(18)26)12-17-3-2-10-29-17/h2-11H,12-13H2,1H3. The van der Waals surface area contributed by atoms with Crippen LogP contribution in [0.3, 0.4) is 0 Å². The van der Waals surface area contributed by atoms with Gasteiger partial charge in [-0.3, -0.25) is 9.36 Å². The molecular weight excluding hydrogens is 407 g/mol. The number of thioether (sulfide) groups is 1. The zero-order chi connectivity index (χ0) is 21.1. The topological polar surface area (TPSA) is 74.3 Å². The van der Waals surface area contributed by atoms with E-state index in [9.17, 15) is 14.0 Å². The van der Waals surface area contributed by atoms with Crippen LogP contribution in [0, 0.1) is 5.82 Å². The SMILES string of the molecule is COC(=O)c1ccc2c(=O)n(Cc3ccco3)c(SCc3ccc(F)cc3)nc2c1. The largest absolute Gasteiger partial charge is 0.467 e. The summed E-state index contributed by atoms with van der Waals surface area (Å²) in [6.07, 6.45) is 1.54. The van der Waals surface area contributed by atoms with E-state index < -0.39 is 5.97 Å². The maximum atomic E-state index is 13.2. The summed E-state index contributed by atoms with van der Waals surface area (Å²) in [6.45, 7) is 0.222. The predicted molar refractivity (Wildman–Crippen MR) is 111 cm³/mol. The second-order valence-corrected chi connectivity index (χ2v) is 7.45. The molecule has 0 N–H and O–H groups in total. The van der Waals surface area contributed by atoms with Crippen molar-refractivity contribution in [3.05, 3.63) is 93.9 Å². The molecule has 0 saturated carbocycles. The van der Waals surface area contributed by atoms with Crippen molar-refractivity contribution < 1.29 is 18.3 Å². The zero-order valence-corrected chi connectivity index (χ0v) is 16.8. The van der Waals surface area contributed by atoms with Crippen molar-refractivity contribution in [1.82, 2.24) is 9.55 Å². The van der Waals surface area contributed by atoms with Crippen LogP contribution >= 0.6 is 11.8 Å². The van der Waals surface area contributed by atoms with Gasteiger partial charge >= 0.3 is 5.97 Å². The van der Waals surface area contributed by atoms with Gasteiger partial charge in [-0.25, -0.2) is 14.2 Å². The van der Waals surface area contributed by atoms with E-state index in [2.05, 4.69) is 4.98 Å². The molecule has 0 aliphatic heterocycles. The Balaban J connectivity index is 1.77. The van der Waals surface area contributed by atoms with Crippen LogP contribution in [-0.4, -0.2) is 22.6 Å². The number of aromatic nitrogens is 2. The molecule has 4 aromatic rings. The van der Waals surface area contributed by atoms with Crippen LogP contribution in [0.5, 0.6) is 0 Å². The number of nitrogens with zero attached hydrogens (tertiary/aromatic N) is 2. The van der Waals surface area contributed by atoms with E-state index >= 15 is 0 Å². The third-order valence-electron chi connectivity index (χ3n) is 4.52. The van der Waals surface area contributed by atoms with Crippen molar-refractivity contribution in [3.8, 4) is 0 Å². The molecule has 2 aromatic carbocycles. The Kier molecular flexibility index (Phi) is 5.67. The lowest BCUT2D eigenvalue weighted by Crippen LogP contribution is -2.24. The minimum atomic E-state index is -0.501. The molecule has 0 fully saturated rings. The van der Waals surface area contributed by atoms with E-state index in [0.29, 0.717) is 33.1 Å². The fourth-order valence-corrected chi connectivity index (χ4v) is 3.94. The normalized spacial score (nSPS) is 11.0. The Morgan fingerprint density at radius 2 is 2.00 bits per heavy atom. The monoisotopic (exact) mass is 424 g/mol. The molecule has 0 spiro atoms. The molecule has 0 bridgehead atoms. The molecule has 6 nitrogen and oxygen atoms in total. The summed E-state index contributed by atoms with van der Waals surface area (Å²) in [5.74, 6) is 0.303. The molecule has 30 heavy (non-hydrogen) atoms. The highest BCUT2D eigenvalue weighted by Gasteiger charge is 2.15. The van der Waals surface area contributed by atoms with Gasteiger partial charge in [-0.15, -0.1) is 0 Å². The Labute approximate surface area is 175 Å². The second kappa shape index (κ2) is 8.54. The summed E-state index contributed by atoms with van der Waals surface area (Å²) in [6, 6.07) is 14.4. The summed E-state index contributed by atoms with van der Waals surface area (Å²) in [4.78, 5) is 29.7. The van der Waals surface area contributed by atoms with Gasteiger partial charge in [0.2, 0.25) is 0 Å². The van der Waals surface area contributed by atoms with Crippen LogP contribution < -0.4 is 5.56 Å². The Bertz CT molecular complexity index is 1250. The van der Waals surface area contributed by atoms with Crippen LogP contribution in [-0.2, 0) is 17.0 Å². The van der Waals surface area contributed by atoms with Crippen molar-refractivity contribution in [1.29, 1.82) is 0 Å². The summed E-state index contributed by atoms with van der Waals surface area (Å²) in [5.41, 5.74) is 1.37. The number of fused-ring (bicyclic) bond motifs is 1. The number of furan rings is 1. The molecule has 0 atom stereocenters. The summed E-state index contributed by atoms with van der Waals surface area (Å²) in [7, 11) is 1.30. The van der Waals surface area contributed by atoms with Gasteiger partial charge in [0.1, 0.15) is 11.6 Å². The number of esters is 1. The van der Waals surface area contributed by atoms with Crippen LogP contribution in [0.15, 0.2) is 75.2 Å². The van der Waals surface area contributed by atoms with Crippen LogP contribution in [0.25, 0.3) is 10.9 Å². The van der Waals surface area contributed by atoms with Gasteiger partial charge in [0.05, 0.1) is 36.4 Å². The third kappa shape index (κ3) is 4.13. The van der Waals surface area contributed by atoms with Gasteiger partial charge in [0.25, 0.3) is 5.56 Å². The number of ether oxygens (including phenoxy) is 1. The van der Waals surface area contributed by atoms with Crippen molar-refractivity contribution in [2.75, 3.05) is 7.11 Å². The fourth-order valence-electron chi connectivity index (χ4n) is 2.98. The number of benzene rings is 2. The molecule has 8 heteroatoms. The van der Waals surface area contributed by atoms with Gasteiger partial charge in [0.15, 0.2) is 5.16 Å². The maximum absolute atomic E-state index is 13.2. The molecule has 0 saturated heterocycles. The summed E-state index contributed by atoms with van der Waals surface area (Å²) < 4.78 is 24.9. The third-order valence-corrected chi connectivity index (χ3v) is 5.56. The zero-order valence-electron chi connectivity index (χ0n) is 16.0. The molecule has 0 amide bonds. The molecule has 2 aromatic heterocycles. The average molecular weight is 424 g/mol. The first-order chi connectivity index (χ1) is 14.5. The number of carbonyl (C=O) groups excluding carboxylic acids is 1. The Hall–Kier alpha value is -3.39. The highest BCUT2D eigenvalue weighted by atomic mass is 32.2. The van der Waals surface area contributed by atoms with E-state index in [0.717, 1.165) is 5.56 Å². The van der Waals surface area contributed by atoms with Crippen LogP contribution in [0.4, 0.5) is 4.39 Å². The average Bonchev–Trinajstić information content (AvgIpc) is 3.28. The molecule has 0 aliphatic carbocycles. The number of rotatable bonds is 6. The first-order valence-corrected chi connectivity index (χ1v) is 10.1. The van der Waals surface area contributed by atoms with Gasteiger partial charge < -0.3 is 9.15 Å². The van der Waals surface area contributed by atoms with Crippen molar-refractivity contribution in [2.24, 2.45) is 0 Å². The molecule has 0 radical (unpaired) electrons. The van der Waals surface area contributed by atoms with Crippen molar-refractivity contribution in [2.45, 2.75) is 17.5 Å². The van der Waals surface area contributed by atoms with Crippen LogP contribution in [0.2, 0.25) is 0 Å². The second-order valence-electron chi connectivity index (χ2n) is 6.50. The van der Waals surface area contributed by atoms with Gasteiger partial charge in [-0.1, -0.05) is 23.9 Å². The lowest BCUT2D eigenvalue weighted by Gasteiger charge is -2.12. The fraction of sp³-hybridized carbons (Fsp3) is 0.136. The van der Waals surface area contributed by atoms with Crippen molar-refractivity contribution >= 4 is 28.6 Å². The summed E-state index contributed by atoms with van der Waals surface area (Å²) in [5, 5.41) is 0.857. The molecule has 4 rings (SSSR count). The predicted octanol–water partition coefficient (Wildman–Crippen LogP) is 4.26. The lowest BCUT2D eigenvalue weighted by atomic mass is 10.1.